The molecule has 0 aromatic carbocycles. The summed E-state index contributed by atoms with van der Waals surface area (Å²) in [6.07, 6.45) is 2.13. The molecular formula is C16H19N3O3S. The van der Waals surface area contributed by atoms with Gasteiger partial charge in [-0.3, -0.25) is 4.79 Å². The van der Waals surface area contributed by atoms with Crippen LogP contribution in [0.1, 0.15) is 26.8 Å². The van der Waals surface area contributed by atoms with E-state index < -0.39 is 0 Å². The number of carbonyl (C=O) groups excluding carboxylic acids is 1. The van der Waals surface area contributed by atoms with Crippen molar-refractivity contribution in [3.8, 4) is 5.88 Å². The molecule has 1 aliphatic heterocycles. The lowest BCUT2D eigenvalue weighted by Crippen LogP contribution is -2.51. The Bertz CT molecular complexity index is 674. The first-order valence-corrected chi connectivity index (χ1v) is 8.35. The molecule has 1 aliphatic rings. The van der Waals surface area contributed by atoms with E-state index >= 15 is 0 Å². The molecule has 2 atom stereocenters. The minimum absolute atomic E-state index is 0.102. The fraction of sp³-hybridized carbons (Fsp3) is 0.438. The predicted molar refractivity (Wildman–Crippen MR) is 86.9 cm³/mol. The highest BCUT2D eigenvalue weighted by atomic mass is 32.1. The van der Waals surface area contributed by atoms with E-state index in [4.69, 9.17) is 9.47 Å². The van der Waals surface area contributed by atoms with Gasteiger partial charge < -0.3 is 14.8 Å². The molecule has 1 fully saturated rings. The highest BCUT2D eigenvalue weighted by Crippen LogP contribution is 2.19. The van der Waals surface area contributed by atoms with Gasteiger partial charge in [0.25, 0.3) is 5.91 Å². The molecule has 122 valence electrons. The Kier molecular flexibility index (Phi) is 4.88. The van der Waals surface area contributed by atoms with Crippen molar-refractivity contribution in [3.05, 3.63) is 40.0 Å². The van der Waals surface area contributed by atoms with Crippen LogP contribution in [-0.4, -0.2) is 41.2 Å². The number of amides is 1. The van der Waals surface area contributed by atoms with E-state index in [-0.39, 0.29) is 18.1 Å². The van der Waals surface area contributed by atoms with E-state index in [1.807, 2.05) is 26.0 Å². The lowest BCUT2D eigenvalue weighted by Gasteiger charge is -2.31. The fourth-order valence-corrected chi connectivity index (χ4v) is 3.36. The number of aryl methyl sites for hydroxylation is 2. The maximum absolute atomic E-state index is 12.5. The summed E-state index contributed by atoms with van der Waals surface area (Å²) >= 11 is 1.41. The van der Waals surface area contributed by atoms with E-state index in [0.29, 0.717) is 30.4 Å². The molecule has 3 rings (SSSR count). The van der Waals surface area contributed by atoms with Crippen LogP contribution in [0.5, 0.6) is 5.88 Å². The quantitative estimate of drug-likeness (QED) is 0.928. The summed E-state index contributed by atoms with van der Waals surface area (Å²) in [6, 6.07) is 5.38. The molecule has 0 aliphatic carbocycles. The van der Waals surface area contributed by atoms with Gasteiger partial charge >= 0.3 is 0 Å². The van der Waals surface area contributed by atoms with Crippen LogP contribution in [0.25, 0.3) is 0 Å². The van der Waals surface area contributed by atoms with Gasteiger partial charge in [-0.2, -0.15) is 0 Å². The maximum atomic E-state index is 12.5. The second-order valence-electron chi connectivity index (χ2n) is 5.42. The lowest BCUT2D eigenvalue weighted by atomic mass is 10.1. The Balaban J connectivity index is 1.69. The van der Waals surface area contributed by atoms with E-state index in [1.165, 1.54) is 11.3 Å². The van der Waals surface area contributed by atoms with E-state index in [9.17, 15) is 4.79 Å². The van der Waals surface area contributed by atoms with Crippen molar-refractivity contribution in [2.75, 3.05) is 13.2 Å². The summed E-state index contributed by atoms with van der Waals surface area (Å²) in [4.78, 5) is 21.6. The fourth-order valence-electron chi connectivity index (χ4n) is 2.54. The van der Waals surface area contributed by atoms with Crippen LogP contribution in [0.2, 0.25) is 0 Å². The first-order valence-electron chi connectivity index (χ1n) is 7.54. The molecule has 0 radical (unpaired) electrons. The standard InChI is InChI=1S/C16H19N3O3S/c1-10-15(23-11(2)18-10)16(20)19-12-6-8-21-9-13(12)22-14-5-3-4-7-17-14/h3-5,7,12-13H,6,8-9H2,1-2H3,(H,19,20)/t12-,13-/m1/s1. The summed E-state index contributed by atoms with van der Waals surface area (Å²) in [7, 11) is 0. The normalized spacial score (nSPS) is 21.0. The van der Waals surface area contributed by atoms with Gasteiger partial charge in [-0.15, -0.1) is 11.3 Å². The van der Waals surface area contributed by atoms with Crippen LogP contribution >= 0.6 is 11.3 Å². The minimum atomic E-state index is -0.253. The van der Waals surface area contributed by atoms with Gasteiger partial charge in [0.1, 0.15) is 11.0 Å². The number of hydrogen-bond donors (Lipinski definition) is 1. The maximum Gasteiger partial charge on any atom is 0.263 e. The zero-order valence-electron chi connectivity index (χ0n) is 13.1. The summed E-state index contributed by atoms with van der Waals surface area (Å²) < 4.78 is 11.4. The molecule has 0 spiro atoms. The molecular weight excluding hydrogens is 314 g/mol. The second-order valence-corrected chi connectivity index (χ2v) is 6.62. The first kappa shape index (κ1) is 15.9. The lowest BCUT2D eigenvalue weighted by molar-refractivity contribution is -0.0152. The molecule has 3 heterocycles. The van der Waals surface area contributed by atoms with Crippen LogP contribution in [0.4, 0.5) is 0 Å². The van der Waals surface area contributed by atoms with Crippen LogP contribution < -0.4 is 10.1 Å². The third-order valence-electron chi connectivity index (χ3n) is 3.64. The molecule has 1 saturated heterocycles. The van der Waals surface area contributed by atoms with E-state index in [1.54, 1.807) is 12.3 Å². The van der Waals surface area contributed by atoms with Gasteiger partial charge in [0.05, 0.1) is 23.4 Å². The van der Waals surface area contributed by atoms with Gasteiger partial charge in [-0.25, -0.2) is 9.97 Å². The van der Waals surface area contributed by atoms with E-state index in [0.717, 1.165) is 10.7 Å². The zero-order valence-corrected chi connectivity index (χ0v) is 13.9. The third kappa shape index (κ3) is 3.86. The number of carbonyl (C=O) groups is 1. The molecule has 7 heteroatoms. The van der Waals surface area contributed by atoms with Crippen LogP contribution in [0, 0.1) is 13.8 Å². The van der Waals surface area contributed by atoms with Gasteiger partial charge in [0.2, 0.25) is 5.88 Å². The molecule has 2 aromatic heterocycles. The number of nitrogens with zero attached hydrogens (tertiary/aromatic N) is 2. The Labute approximate surface area is 138 Å². The van der Waals surface area contributed by atoms with Crippen molar-refractivity contribution in [1.29, 1.82) is 0 Å². The van der Waals surface area contributed by atoms with Crippen LogP contribution in [0.3, 0.4) is 0 Å². The molecule has 1 amide bonds. The van der Waals surface area contributed by atoms with Crippen LogP contribution in [0.15, 0.2) is 24.4 Å². The molecule has 2 aromatic rings. The molecule has 0 bridgehead atoms. The van der Waals surface area contributed by atoms with Crippen molar-refractivity contribution < 1.29 is 14.3 Å². The van der Waals surface area contributed by atoms with Gasteiger partial charge in [0.15, 0.2) is 0 Å². The Morgan fingerprint density at radius 1 is 1.43 bits per heavy atom. The SMILES string of the molecule is Cc1nc(C)c(C(=O)N[C@@H]2CCOC[C@H]2Oc2ccccn2)s1. The third-order valence-corrected chi connectivity index (χ3v) is 4.71. The Morgan fingerprint density at radius 3 is 3.00 bits per heavy atom. The highest BCUT2D eigenvalue weighted by Gasteiger charge is 2.30. The summed E-state index contributed by atoms with van der Waals surface area (Å²) in [5, 5.41) is 3.95. The second kappa shape index (κ2) is 7.06. The van der Waals surface area contributed by atoms with Crippen molar-refractivity contribution in [1.82, 2.24) is 15.3 Å². The number of rotatable bonds is 4. The van der Waals surface area contributed by atoms with Crippen molar-refractivity contribution in [2.24, 2.45) is 0 Å². The molecule has 0 saturated carbocycles. The monoisotopic (exact) mass is 333 g/mol. The average molecular weight is 333 g/mol. The Morgan fingerprint density at radius 2 is 2.30 bits per heavy atom. The number of aromatic nitrogens is 2. The molecule has 0 unspecified atom stereocenters. The summed E-state index contributed by atoms with van der Waals surface area (Å²) in [6.45, 7) is 4.79. The van der Waals surface area contributed by atoms with Gasteiger partial charge in [-0.1, -0.05) is 6.07 Å². The molecule has 6 nitrogen and oxygen atoms in total. The average Bonchev–Trinajstić information content (AvgIpc) is 2.89. The van der Waals surface area contributed by atoms with Gasteiger partial charge in [-0.05, 0) is 26.3 Å². The number of nitrogens with one attached hydrogen (secondary N) is 1. The van der Waals surface area contributed by atoms with Crippen LogP contribution in [-0.2, 0) is 4.74 Å². The topological polar surface area (TPSA) is 73.3 Å². The number of thiazole rings is 1. The van der Waals surface area contributed by atoms with Crippen molar-refractivity contribution >= 4 is 17.2 Å². The number of ether oxygens (including phenoxy) is 2. The predicted octanol–water partition coefficient (Wildman–Crippen LogP) is 2.12. The summed E-state index contributed by atoms with van der Waals surface area (Å²) in [5.74, 6) is 0.432. The van der Waals surface area contributed by atoms with Gasteiger partial charge in [0, 0.05) is 18.9 Å². The zero-order chi connectivity index (χ0) is 16.2. The van der Waals surface area contributed by atoms with E-state index in [2.05, 4.69) is 15.3 Å². The number of hydrogen-bond acceptors (Lipinski definition) is 6. The van der Waals surface area contributed by atoms with Crippen molar-refractivity contribution in [3.63, 3.8) is 0 Å². The largest absolute Gasteiger partial charge is 0.470 e. The Hall–Kier alpha value is -1.99. The first-order chi connectivity index (χ1) is 11.1. The minimum Gasteiger partial charge on any atom is -0.470 e. The van der Waals surface area contributed by atoms with Crippen molar-refractivity contribution in [2.45, 2.75) is 32.4 Å². The highest BCUT2D eigenvalue weighted by molar-refractivity contribution is 7.13. The molecule has 23 heavy (non-hydrogen) atoms. The number of pyridine rings is 1. The summed E-state index contributed by atoms with van der Waals surface area (Å²) in [5.41, 5.74) is 0.763. The smallest absolute Gasteiger partial charge is 0.263 e. The molecule has 1 N–H and O–H groups in total.